The lowest BCUT2D eigenvalue weighted by atomic mass is 9.90. The summed E-state index contributed by atoms with van der Waals surface area (Å²) >= 11 is 3.02. The van der Waals surface area contributed by atoms with Crippen molar-refractivity contribution in [2.24, 2.45) is 5.92 Å². The molecule has 3 aromatic rings. The molecule has 33 heavy (non-hydrogen) atoms. The highest BCUT2D eigenvalue weighted by atomic mass is 32.2. The Morgan fingerprint density at radius 2 is 2.03 bits per heavy atom. The maximum absolute atomic E-state index is 12.7. The number of nitrogens with one attached hydrogen (secondary N) is 1. The van der Waals surface area contributed by atoms with Crippen LogP contribution >= 0.6 is 23.1 Å². The molecule has 2 aromatic heterocycles. The normalized spacial score (nSPS) is 19.2. The van der Waals surface area contributed by atoms with Crippen LogP contribution in [0, 0.1) is 5.92 Å². The molecule has 3 heterocycles. The summed E-state index contributed by atoms with van der Waals surface area (Å²) in [5, 5.41) is 11.4. The minimum atomic E-state index is -0.366. The monoisotopic (exact) mass is 484 g/mol. The predicted octanol–water partition coefficient (Wildman–Crippen LogP) is 4.88. The Labute approximate surface area is 201 Å². The van der Waals surface area contributed by atoms with E-state index in [1.807, 2.05) is 31.2 Å². The number of fused-ring (bicyclic) bond motifs is 1. The van der Waals surface area contributed by atoms with Crippen LogP contribution in [0.15, 0.2) is 40.0 Å². The molecule has 1 fully saturated rings. The lowest BCUT2D eigenvalue weighted by molar-refractivity contribution is -0.115. The first-order valence-electron chi connectivity index (χ1n) is 11.4. The number of aryl methyl sites for hydroxylation is 1. The minimum Gasteiger partial charge on any atom is -0.410 e. The molecular formula is C24H28N4O3S2. The zero-order chi connectivity index (χ0) is 22.8. The van der Waals surface area contributed by atoms with E-state index in [1.54, 1.807) is 11.3 Å². The fourth-order valence-corrected chi connectivity index (χ4v) is 6.01. The molecule has 0 bridgehead atoms. The van der Waals surface area contributed by atoms with Gasteiger partial charge >= 0.3 is 0 Å². The van der Waals surface area contributed by atoms with Gasteiger partial charge in [-0.05, 0) is 68.0 Å². The number of carbonyl (C=O) groups excluding carboxylic acids is 1. The van der Waals surface area contributed by atoms with Crippen molar-refractivity contribution in [1.29, 1.82) is 0 Å². The molecule has 1 N–H and O–H groups in total. The zero-order valence-corrected chi connectivity index (χ0v) is 20.5. The quantitative estimate of drug-likeness (QED) is 0.500. The van der Waals surface area contributed by atoms with Gasteiger partial charge in [0.1, 0.15) is 0 Å². The second-order valence-corrected chi connectivity index (χ2v) is 11.1. The number of morpholine rings is 1. The number of anilines is 2. The van der Waals surface area contributed by atoms with Gasteiger partial charge in [-0.25, -0.2) is 0 Å². The highest BCUT2D eigenvalue weighted by Gasteiger charge is 2.23. The topological polar surface area (TPSA) is 80.5 Å². The fraction of sp³-hybridized carbons (Fsp3) is 0.458. The summed E-state index contributed by atoms with van der Waals surface area (Å²) in [4.78, 5) is 17.4. The molecule has 0 unspecified atom stereocenters. The maximum Gasteiger partial charge on any atom is 0.277 e. The first kappa shape index (κ1) is 22.4. The Morgan fingerprint density at radius 1 is 1.24 bits per heavy atom. The number of benzene rings is 1. The SMILES string of the molecule is C[C@H]1CCc2sc(-c3nnc(S[C@H](C)C(=O)Nc4ccc(N5CCOCC5)cc4)o3)cc2C1. The van der Waals surface area contributed by atoms with Gasteiger partial charge in [0.2, 0.25) is 5.91 Å². The molecule has 9 heteroatoms. The van der Waals surface area contributed by atoms with E-state index in [1.165, 1.54) is 28.6 Å². The molecule has 2 aliphatic rings. The lowest BCUT2D eigenvalue weighted by Gasteiger charge is -2.28. The molecule has 0 spiro atoms. The summed E-state index contributed by atoms with van der Waals surface area (Å²) in [5.41, 5.74) is 3.32. The van der Waals surface area contributed by atoms with E-state index in [4.69, 9.17) is 9.15 Å². The standard InChI is InChI=1S/C24H28N4O3S2/c1-15-3-8-20-17(13-15)14-21(33-20)23-26-27-24(31-23)32-16(2)22(29)25-18-4-6-19(7-5-18)28-9-11-30-12-10-28/h4-7,14-16H,3,8-13H2,1-2H3,(H,25,29)/t15-,16+/m0/s1. The second-order valence-electron chi connectivity index (χ2n) is 8.68. The van der Waals surface area contributed by atoms with Gasteiger partial charge in [-0.3, -0.25) is 4.79 Å². The number of amides is 1. The van der Waals surface area contributed by atoms with Gasteiger partial charge in [0.05, 0.1) is 23.3 Å². The summed E-state index contributed by atoms with van der Waals surface area (Å²) in [6, 6.07) is 10.1. The highest BCUT2D eigenvalue weighted by molar-refractivity contribution is 8.00. The molecule has 0 saturated carbocycles. The number of ether oxygens (including phenoxy) is 1. The van der Waals surface area contributed by atoms with E-state index in [2.05, 4.69) is 33.4 Å². The second kappa shape index (κ2) is 9.87. The number of carbonyl (C=O) groups is 1. The van der Waals surface area contributed by atoms with E-state index >= 15 is 0 Å². The molecular weight excluding hydrogens is 456 g/mol. The van der Waals surface area contributed by atoms with Gasteiger partial charge in [-0.2, -0.15) is 0 Å². The van der Waals surface area contributed by atoms with Crippen LogP contribution in [-0.4, -0.2) is 47.7 Å². The summed E-state index contributed by atoms with van der Waals surface area (Å²) in [6.07, 6.45) is 3.48. The maximum atomic E-state index is 12.7. The lowest BCUT2D eigenvalue weighted by Crippen LogP contribution is -2.36. The van der Waals surface area contributed by atoms with Crippen molar-refractivity contribution in [3.63, 3.8) is 0 Å². The van der Waals surface area contributed by atoms with Gasteiger partial charge in [-0.15, -0.1) is 21.5 Å². The van der Waals surface area contributed by atoms with E-state index in [0.717, 1.165) is 61.3 Å². The highest BCUT2D eigenvalue weighted by Crippen LogP contribution is 2.37. The summed E-state index contributed by atoms with van der Waals surface area (Å²) in [5.74, 6) is 1.17. The summed E-state index contributed by atoms with van der Waals surface area (Å²) in [6.45, 7) is 7.42. The summed E-state index contributed by atoms with van der Waals surface area (Å²) < 4.78 is 11.3. The van der Waals surface area contributed by atoms with Crippen molar-refractivity contribution in [2.75, 3.05) is 36.5 Å². The molecule has 1 saturated heterocycles. The number of rotatable bonds is 6. The van der Waals surface area contributed by atoms with Gasteiger partial charge in [0, 0.05) is 29.3 Å². The number of nitrogens with zero attached hydrogens (tertiary/aromatic N) is 3. The van der Waals surface area contributed by atoms with Crippen molar-refractivity contribution in [3.8, 4) is 10.8 Å². The van der Waals surface area contributed by atoms with E-state index in [9.17, 15) is 4.79 Å². The Bertz CT molecular complexity index is 1110. The molecule has 1 aliphatic heterocycles. The third-order valence-electron chi connectivity index (χ3n) is 6.10. The molecule has 0 radical (unpaired) electrons. The van der Waals surface area contributed by atoms with Crippen LogP contribution in [0.3, 0.4) is 0 Å². The van der Waals surface area contributed by atoms with Gasteiger partial charge in [-0.1, -0.05) is 18.7 Å². The van der Waals surface area contributed by atoms with Crippen LogP contribution in [0.5, 0.6) is 0 Å². The number of hydrogen-bond acceptors (Lipinski definition) is 8. The van der Waals surface area contributed by atoms with Crippen LogP contribution in [-0.2, 0) is 22.4 Å². The smallest absolute Gasteiger partial charge is 0.277 e. The fourth-order valence-electron chi connectivity index (χ4n) is 4.19. The van der Waals surface area contributed by atoms with Gasteiger partial charge < -0.3 is 19.4 Å². The van der Waals surface area contributed by atoms with Crippen LogP contribution in [0.25, 0.3) is 10.8 Å². The molecule has 2 atom stereocenters. The Morgan fingerprint density at radius 3 is 2.82 bits per heavy atom. The molecule has 174 valence electrons. The third kappa shape index (κ3) is 5.26. The molecule has 1 aromatic carbocycles. The van der Waals surface area contributed by atoms with E-state index in [0.29, 0.717) is 11.1 Å². The van der Waals surface area contributed by atoms with Crippen molar-refractivity contribution < 1.29 is 13.9 Å². The summed E-state index contributed by atoms with van der Waals surface area (Å²) in [7, 11) is 0. The molecule has 5 rings (SSSR count). The number of thioether (sulfide) groups is 1. The van der Waals surface area contributed by atoms with Crippen LogP contribution in [0.2, 0.25) is 0 Å². The van der Waals surface area contributed by atoms with Crippen LogP contribution < -0.4 is 10.2 Å². The van der Waals surface area contributed by atoms with E-state index in [-0.39, 0.29) is 11.2 Å². The predicted molar refractivity (Wildman–Crippen MR) is 132 cm³/mol. The Hall–Kier alpha value is -2.36. The van der Waals surface area contributed by atoms with Crippen LogP contribution in [0.4, 0.5) is 11.4 Å². The first-order valence-corrected chi connectivity index (χ1v) is 13.1. The number of thiophene rings is 1. The largest absolute Gasteiger partial charge is 0.410 e. The Balaban J connectivity index is 1.17. The van der Waals surface area contributed by atoms with Crippen molar-refractivity contribution in [3.05, 3.63) is 40.8 Å². The average molecular weight is 485 g/mol. The van der Waals surface area contributed by atoms with Gasteiger partial charge in [0.15, 0.2) is 0 Å². The molecule has 1 aliphatic carbocycles. The average Bonchev–Trinajstić information content (AvgIpc) is 3.46. The van der Waals surface area contributed by atoms with Crippen LogP contribution in [0.1, 0.15) is 30.7 Å². The zero-order valence-electron chi connectivity index (χ0n) is 18.9. The van der Waals surface area contributed by atoms with Crippen molar-refractivity contribution in [1.82, 2.24) is 10.2 Å². The first-order chi connectivity index (χ1) is 16.0. The number of hydrogen-bond donors (Lipinski definition) is 1. The molecule has 1 amide bonds. The van der Waals surface area contributed by atoms with E-state index < -0.39 is 0 Å². The van der Waals surface area contributed by atoms with Crippen molar-refractivity contribution >= 4 is 40.4 Å². The Kier molecular flexibility index (Phi) is 6.71. The minimum absolute atomic E-state index is 0.0977. The number of aromatic nitrogens is 2. The van der Waals surface area contributed by atoms with Gasteiger partial charge in [0.25, 0.3) is 11.1 Å². The molecule has 7 nitrogen and oxygen atoms in total. The third-order valence-corrected chi connectivity index (χ3v) is 8.26. The van der Waals surface area contributed by atoms with Crippen molar-refractivity contribution in [2.45, 2.75) is 43.6 Å².